The molecule has 0 bridgehead atoms. The number of carbonyl (C=O) groups is 2. The summed E-state index contributed by atoms with van der Waals surface area (Å²) in [4.78, 5) is 26.8. The van der Waals surface area contributed by atoms with E-state index in [2.05, 4.69) is 5.32 Å². The predicted molar refractivity (Wildman–Crippen MR) is 101 cm³/mol. The molecule has 1 saturated heterocycles. The molecule has 1 aliphatic carbocycles. The van der Waals surface area contributed by atoms with Crippen molar-refractivity contribution in [2.24, 2.45) is 17.6 Å². The predicted octanol–water partition coefficient (Wildman–Crippen LogP) is 2.75. The number of benzene rings is 2. The molecule has 3 atom stereocenters. The van der Waals surface area contributed by atoms with Gasteiger partial charge in [-0.1, -0.05) is 18.2 Å². The summed E-state index contributed by atoms with van der Waals surface area (Å²) in [7, 11) is 0. The lowest BCUT2D eigenvalue weighted by Gasteiger charge is -2.19. The van der Waals surface area contributed by atoms with E-state index in [0.717, 1.165) is 25.9 Å². The second-order valence-electron chi connectivity index (χ2n) is 7.27. The molecule has 5 nitrogen and oxygen atoms in total. The van der Waals surface area contributed by atoms with E-state index in [1.165, 1.54) is 0 Å². The number of likely N-dealkylation sites (tertiary alicyclic amines) is 1. The molecule has 3 N–H and O–H groups in total. The monoisotopic (exact) mass is 349 g/mol. The van der Waals surface area contributed by atoms with Crippen LogP contribution in [0, 0.1) is 11.8 Å². The van der Waals surface area contributed by atoms with Crippen LogP contribution >= 0.6 is 0 Å². The van der Waals surface area contributed by atoms with Crippen molar-refractivity contribution >= 4 is 17.5 Å². The Kier molecular flexibility index (Phi) is 4.47. The van der Waals surface area contributed by atoms with Crippen LogP contribution in [0.2, 0.25) is 0 Å². The summed E-state index contributed by atoms with van der Waals surface area (Å²) in [6.45, 7) is 1.57. The van der Waals surface area contributed by atoms with Gasteiger partial charge in [-0.05, 0) is 61.1 Å². The molecule has 2 aliphatic rings. The van der Waals surface area contributed by atoms with E-state index < -0.39 is 0 Å². The second-order valence-corrected chi connectivity index (χ2v) is 7.27. The Bertz CT molecular complexity index is 804. The smallest absolute Gasteiger partial charge is 0.255 e. The lowest BCUT2D eigenvalue weighted by atomic mass is 9.98. The highest BCUT2D eigenvalue weighted by Gasteiger charge is 2.42. The van der Waals surface area contributed by atoms with Gasteiger partial charge in [-0.15, -0.1) is 0 Å². The first-order valence-electron chi connectivity index (χ1n) is 9.13. The van der Waals surface area contributed by atoms with Crippen molar-refractivity contribution in [3.05, 3.63) is 65.7 Å². The van der Waals surface area contributed by atoms with E-state index in [-0.39, 0.29) is 17.9 Å². The average molecular weight is 349 g/mol. The number of hydrogen-bond donors (Lipinski definition) is 2. The summed E-state index contributed by atoms with van der Waals surface area (Å²) in [6, 6.07) is 16.4. The molecular weight excluding hydrogens is 326 g/mol. The molecule has 5 heteroatoms. The largest absolute Gasteiger partial charge is 0.338 e. The van der Waals surface area contributed by atoms with Gasteiger partial charge in [0.25, 0.3) is 11.8 Å². The van der Waals surface area contributed by atoms with Crippen molar-refractivity contribution in [3.63, 3.8) is 0 Å². The molecule has 2 fully saturated rings. The molecule has 2 aromatic rings. The van der Waals surface area contributed by atoms with E-state index >= 15 is 0 Å². The molecule has 134 valence electrons. The van der Waals surface area contributed by atoms with Crippen molar-refractivity contribution in [2.75, 3.05) is 18.4 Å². The zero-order chi connectivity index (χ0) is 18.1. The number of rotatable bonds is 3. The molecule has 2 amide bonds. The molecule has 0 radical (unpaired) electrons. The molecule has 1 aliphatic heterocycles. The molecule has 3 unspecified atom stereocenters. The van der Waals surface area contributed by atoms with Crippen LogP contribution < -0.4 is 11.1 Å². The minimum absolute atomic E-state index is 0.0486. The number of anilines is 1. The van der Waals surface area contributed by atoms with Crippen LogP contribution in [0.25, 0.3) is 0 Å². The number of nitrogens with two attached hydrogens (primary N) is 1. The molecule has 4 rings (SSSR count). The first-order valence-corrected chi connectivity index (χ1v) is 9.13. The van der Waals surface area contributed by atoms with Gasteiger partial charge in [-0.3, -0.25) is 9.59 Å². The van der Waals surface area contributed by atoms with Crippen molar-refractivity contribution in [1.29, 1.82) is 0 Å². The number of nitrogens with one attached hydrogen (secondary N) is 1. The van der Waals surface area contributed by atoms with Gasteiger partial charge in [-0.2, -0.15) is 0 Å². The topological polar surface area (TPSA) is 75.4 Å². The van der Waals surface area contributed by atoms with E-state index in [4.69, 9.17) is 5.73 Å². The fourth-order valence-corrected chi connectivity index (χ4v) is 4.14. The molecule has 1 saturated carbocycles. The maximum Gasteiger partial charge on any atom is 0.255 e. The molecule has 0 spiro atoms. The van der Waals surface area contributed by atoms with Crippen LogP contribution in [-0.2, 0) is 0 Å². The third-order valence-corrected chi connectivity index (χ3v) is 5.63. The average Bonchev–Trinajstić information content (AvgIpc) is 3.25. The lowest BCUT2D eigenvalue weighted by Crippen LogP contribution is -2.33. The van der Waals surface area contributed by atoms with E-state index in [0.29, 0.717) is 28.7 Å². The zero-order valence-electron chi connectivity index (χ0n) is 14.6. The molecule has 1 heterocycles. The number of nitrogens with zero attached hydrogens (tertiary/aromatic N) is 1. The number of carbonyl (C=O) groups excluding carboxylic acids is 2. The van der Waals surface area contributed by atoms with Gasteiger partial charge in [0.2, 0.25) is 0 Å². The summed E-state index contributed by atoms with van der Waals surface area (Å²) >= 11 is 0. The van der Waals surface area contributed by atoms with Crippen molar-refractivity contribution in [2.45, 2.75) is 18.9 Å². The first-order chi connectivity index (χ1) is 12.6. The summed E-state index contributed by atoms with van der Waals surface area (Å²) < 4.78 is 0. The van der Waals surface area contributed by atoms with Gasteiger partial charge in [-0.25, -0.2) is 0 Å². The third-order valence-electron chi connectivity index (χ3n) is 5.63. The Balaban J connectivity index is 1.40. The highest BCUT2D eigenvalue weighted by molar-refractivity contribution is 6.04. The SMILES string of the molecule is NC1CCC2CN(C(=O)c3ccc(NC(=O)c4ccccc4)cc3)CC12. The maximum atomic E-state index is 12.7. The number of fused-ring (bicyclic) bond motifs is 1. The lowest BCUT2D eigenvalue weighted by molar-refractivity contribution is 0.0779. The maximum absolute atomic E-state index is 12.7. The standard InChI is InChI=1S/C21H23N3O2/c22-19-11-8-16-12-24(13-18(16)19)21(26)15-6-9-17(10-7-15)23-20(25)14-4-2-1-3-5-14/h1-7,9-10,16,18-19H,8,11-13,22H2,(H,23,25). The fourth-order valence-electron chi connectivity index (χ4n) is 4.14. The Labute approximate surface area is 153 Å². The molecule has 0 aromatic heterocycles. The Hall–Kier alpha value is -2.66. The van der Waals surface area contributed by atoms with Gasteiger partial charge in [0.15, 0.2) is 0 Å². The summed E-state index contributed by atoms with van der Waals surface area (Å²) in [5.74, 6) is 0.889. The first kappa shape index (κ1) is 16.8. The summed E-state index contributed by atoms with van der Waals surface area (Å²) in [5, 5.41) is 2.85. The van der Waals surface area contributed by atoms with Crippen LogP contribution in [0.5, 0.6) is 0 Å². The van der Waals surface area contributed by atoms with E-state index in [1.807, 2.05) is 23.1 Å². The molecule has 2 aromatic carbocycles. The van der Waals surface area contributed by atoms with Crippen molar-refractivity contribution in [3.8, 4) is 0 Å². The highest BCUT2D eigenvalue weighted by Crippen LogP contribution is 2.37. The van der Waals surface area contributed by atoms with Gasteiger partial charge in [0.1, 0.15) is 0 Å². The Morgan fingerprint density at radius 2 is 1.65 bits per heavy atom. The van der Waals surface area contributed by atoms with E-state index in [9.17, 15) is 9.59 Å². The van der Waals surface area contributed by atoms with Crippen LogP contribution in [0.3, 0.4) is 0 Å². The summed E-state index contributed by atoms with van der Waals surface area (Å²) in [5.41, 5.74) is 8.09. The van der Waals surface area contributed by atoms with Gasteiger partial charge < -0.3 is 16.0 Å². The van der Waals surface area contributed by atoms with Crippen LogP contribution in [0.4, 0.5) is 5.69 Å². The quantitative estimate of drug-likeness (QED) is 0.895. The van der Waals surface area contributed by atoms with Gasteiger partial charge in [0, 0.05) is 35.9 Å². The second kappa shape index (κ2) is 6.92. The third kappa shape index (κ3) is 3.22. The van der Waals surface area contributed by atoms with Crippen LogP contribution in [0.1, 0.15) is 33.6 Å². The van der Waals surface area contributed by atoms with Gasteiger partial charge >= 0.3 is 0 Å². The fraction of sp³-hybridized carbons (Fsp3) is 0.333. The Morgan fingerprint density at radius 3 is 2.35 bits per heavy atom. The van der Waals surface area contributed by atoms with Crippen molar-refractivity contribution < 1.29 is 9.59 Å². The minimum atomic E-state index is -0.161. The number of hydrogen-bond acceptors (Lipinski definition) is 3. The number of amides is 2. The molecule has 26 heavy (non-hydrogen) atoms. The van der Waals surface area contributed by atoms with E-state index in [1.54, 1.807) is 36.4 Å². The Morgan fingerprint density at radius 1 is 0.923 bits per heavy atom. The zero-order valence-corrected chi connectivity index (χ0v) is 14.6. The summed E-state index contributed by atoms with van der Waals surface area (Å²) in [6.07, 6.45) is 2.20. The molecular formula is C21H23N3O2. The van der Waals surface area contributed by atoms with Crippen LogP contribution in [0.15, 0.2) is 54.6 Å². The van der Waals surface area contributed by atoms with Crippen LogP contribution in [-0.4, -0.2) is 35.8 Å². The minimum Gasteiger partial charge on any atom is -0.338 e. The van der Waals surface area contributed by atoms with Crippen molar-refractivity contribution in [1.82, 2.24) is 4.90 Å². The normalized spacial score (nSPS) is 24.3. The van der Waals surface area contributed by atoms with Gasteiger partial charge in [0.05, 0.1) is 0 Å². The highest BCUT2D eigenvalue weighted by atomic mass is 16.2.